The molecule has 1 aliphatic heterocycles. The molecule has 0 unspecified atom stereocenters. The van der Waals surface area contributed by atoms with E-state index in [0.29, 0.717) is 6.42 Å². The molecule has 4 heteroatoms. The molecular weight excluding hydrogens is 231 g/mol. The Bertz CT molecular complexity index is 535. The van der Waals surface area contributed by atoms with Gasteiger partial charge in [0.1, 0.15) is 5.82 Å². The second kappa shape index (κ2) is 3.83. The lowest BCUT2D eigenvalue weighted by molar-refractivity contribution is -0.131. The maximum absolute atomic E-state index is 13.2. The molecule has 0 spiro atoms. The van der Waals surface area contributed by atoms with Crippen LogP contribution in [0.1, 0.15) is 31.2 Å². The van der Waals surface area contributed by atoms with Crippen molar-refractivity contribution < 1.29 is 9.18 Å². The predicted octanol–water partition coefficient (Wildman–Crippen LogP) is 2.53. The van der Waals surface area contributed by atoms with E-state index < -0.39 is 5.82 Å². The van der Waals surface area contributed by atoms with Crippen molar-refractivity contribution in [3.05, 3.63) is 41.9 Å². The van der Waals surface area contributed by atoms with Gasteiger partial charge in [-0.2, -0.15) is 0 Å². The molecule has 1 aromatic carbocycles. The molecule has 94 valence electrons. The molecule has 2 aliphatic rings. The first-order valence-electron chi connectivity index (χ1n) is 6.18. The van der Waals surface area contributed by atoms with Crippen LogP contribution in [-0.2, 0) is 10.3 Å². The molecule has 0 radical (unpaired) electrons. The van der Waals surface area contributed by atoms with Crippen molar-refractivity contribution in [1.82, 2.24) is 4.90 Å². The maximum atomic E-state index is 13.2. The lowest BCUT2D eigenvalue weighted by Crippen LogP contribution is -2.37. The first kappa shape index (κ1) is 11.3. The molecule has 1 saturated carbocycles. The minimum atomic E-state index is -0.407. The average molecular weight is 246 g/mol. The van der Waals surface area contributed by atoms with Gasteiger partial charge in [-0.15, -0.1) is 0 Å². The Labute approximate surface area is 105 Å². The maximum Gasteiger partial charge on any atom is 0.227 e. The quantitative estimate of drug-likeness (QED) is 0.815. The van der Waals surface area contributed by atoms with Crippen LogP contribution < -0.4 is 5.73 Å². The van der Waals surface area contributed by atoms with Gasteiger partial charge < -0.3 is 10.6 Å². The van der Waals surface area contributed by atoms with Crippen molar-refractivity contribution in [3.8, 4) is 0 Å². The van der Waals surface area contributed by atoms with Crippen LogP contribution in [-0.4, -0.2) is 10.8 Å². The molecule has 1 fully saturated rings. The summed E-state index contributed by atoms with van der Waals surface area (Å²) in [5.41, 5.74) is 6.41. The van der Waals surface area contributed by atoms with E-state index in [2.05, 4.69) is 0 Å². The number of nitrogens with zero attached hydrogens (tertiary/aromatic N) is 1. The molecule has 3 rings (SSSR count). The number of carbonyl (C=O) groups is 1. The average Bonchev–Trinajstić information content (AvgIpc) is 3.15. The summed E-state index contributed by atoms with van der Waals surface area (Å²) in [5.74, 6) is -0.270. The van der Waals surface area contributed by atoms with Crippen molar-refractivity contribution in [2.24, 2.45) is 0 Å². The van der Waals surface area contributed by atoms with E-state index >= 15 is 0 Å². The number of halogens is 1. The summed E-state index contributed by atoms with van der Waals surface area (Å²) in [6.45, 7) is 0. The van der Waals surface area contributed by atoms with Crippen molar-refractivity contribution in [2.75, 3.05) is 5.73 Å². The van der Waals surface area contributed by atoms with Gasteiger partial charge in [-0.05, 0) is 37.0 Å². The number of carbonyl (C=O) groups excluding carboxylic acids is 1. The molecule has 0 saturated heterocycles. The zero-order chi connectivity index (χ0) is 12.8. The highest BCUT2D eigenvalue weighted by Crippen LogP contribution is 2.52. The Balaban J connectivity index is 1.99. The second-order valence-corrected chi connectivity index (χ2v) is 4.96. The van der Waals surface area contributed by atoms with Gasteiger partial charge in [-0.3, -0.25) is 4.79 Å². The minimum absolute atomic E-state index is 0.137. The van der Waals surface area contributed by atoms with E-state index in [1.165, 1.54) is 6.07 Å². The van der Waals surface area contributed by atoms with Gasteiger partial charge in [0.15, 0.2) is 0 Å². The van der Waals surface area contributed by atoms with Gasteiger partial charge in [-0.25, -0.2) is 4.39 Å². The molecule has 3 nitrogen and oxygen atoms in total. The standard InChI is InChI=1S/C14H15FN2O/c15-11-5-4-10(9-12(11)16)14(6-7-14)17-8-2-1-3-13(17)18/h2,4-5,8-9H,1,3,6-7,16H2. The number of nitrogen functional groups attached to an aromatic ring is 1. The molecule has 0 atom stereocenters. The molecule has 18 heavy (non-hydrogen) atoms. The Morgan fingerprint density at radius 3 is 2.72 bits per heavy atom. The van der Waals surface area contributed by atoms with Crippen LogP contribution in [0.3, 0.4) is 0 Å². The lowest BCUT2D eigenvalue weighted by atomic mass is 10.0. The molecule has 1 heterocycles. The van der Waals surface area contributed by atoms with Gasteiger partial charge in [0.05, 0.1) is 11.2 Å². The van der Waals surface area contributed by atoms with Gasteiger partial charge in [0.2, 0.25) is 5.91 Å². The third-order valence-electron chi connectivity index (χ3n) is 3.77. The first-order valence-corrected chi connectivity index (χ1v) is 6.18. The second-order valence-electron chi connectivity index (χ2n) is 4.96. The summed E-state index contributed by atoms with van der Waals surface area (Å²) in [4.78, 5) is 13.8. The van der Waals surface area contributed by atoms with Gasteiger partial charge >= 0.3 is 0 Å². The van der Waals surface area contributed by atoms with Crippen LogP contribution in [0.25, 0.3) is 0 Å². The Hall–Kier alpha value is -1.84. The third kappa shape index (κ3) is 1.60. The number of benzene rings is 1. The molecule has 1 aromatic rings. The molecular formula is C14H15FN2O. The van der Waals surface area contributed by atoms with Crippen LogP contribution in [0.4, 0.5) is 10.1 Å². The van der Waals surface area contributed by atoms with Crippen molar-refractivity contribution >= 4 is 11.6 Å². The van der Waals surface area contributed by atoms with E-state index in [-0.39, 0.29) is 17.1 Å². The van der Waals surface area contributed by atoms with Crippen LogP contribution in [0, 0.1) is 5.82 Å². The fraction of sp³-hybridized carbons (Fsp3) is 0.357. The number of hydrogen-bond acceptors (Lipinski definition) is 2. The van der Waals surface area contributed by atoms with E-state index in [1.54, 1.807) is 17.0 Å². The highest BCUT2D eigenvalue weighted by Gasteiger charge is 2.51. The minimum Gasteiger partial charge on any atom is -0.396 e. The number of anilines is 1. The van der Waals surface area contributed by atoms with Gasteiger partial charge in [-0.1, -0.05) is 12.1 Å². The lowest BCUT2D eigenvalue weighted by Gasteiger charge is -2.31. The molecule has 1 aliphatic carbocycles. The van der Waals surface area contributed by atoms with Crippen LogP contribution in [0.2, 0.25) is 0 Å². The number of nitrogens with two attached hydrogens (primary N) is 1. The van der Waals surface area contributed by atoms with Crippen molar-refractivity contribution in [2.45, 2.75) is 31.2 Å². The number of rotatable bonds is 2. The van der Waals surface area contributed by atoms with Crippen LogP contribution in [0.15, 0.2) is 30.5 Å². The highest BCUT2D eigenvalue weighted by atomic mass is 19.1. The monoisotopic (exact) mass is 246 g/mol. The van der Waals surface area contributed by atoms with E-state index in [9.17, 15) is 9.18 Å². The Morgan fingerprint density at radius 1 is 1.33 bits per heavy atom. The van der Waals surface area contributed by atoms with E-state index in [1.807, 2.05) is 12.3 Å². The first-order chi connectivity index (χ1) is 8.63. The summed E-state index contributed by atoms with van der Waals surface area (Å²) in [6.07, 6.45) is 7.04. The smallest absolute Gasteiger partial charge is 0.227 e. The SMILES string of the molecule is Nc1cc(C2(N3C=CCCC3=O)CC2)ccc1F. The van der Waals surface area contributed by atoms with Crippen LogP contribution in [0.5, 0.6) is 0 Å². The number of hydrogen-bond donors (Lipinski definition) is 1. The van der Waals surface area contributed by atoms with E-state index in [4.69, 9.17) is 5.73 Å². The molecule has 0 bridgehead atoms. The van der Waals surface area contributed by atoms with E-state index in [0.717, 1.165) is 24.8 Å². The summed E-state index contributed by atoms with van der Waals surface area (Å²) >= 11 is 0. The van der Waals surface area contributed by atoms with Crippen LogP contribution >= 0.6 is 0 Å². The Kier molecular flexibility index (Phi) is 2.40. The van der Waals surface area contributed by atoms with Gasteiger partial charge in [0, 0.05) is 12.6 Å². The fourth-order valence-corrected chi connectivity index (χ4v) is 2.59. The zero-order valence-electron chi connectivity index (χ0n) is 10.0. The topological polar surface area (TPSA) is 46.3 Å². The number of allylic oxidation sites excluding steroid dienone is 1. The predicted molar refractivity (Wildman–Crippen MR) is 66.9 cm³/mol. The Morgan fingerprint density at radius 2 is 2.11 bits per heavy atom. The summed E-state index contributed by atoms with van der Waals surface area (Å²) in [7, 11) is 0. The molecule has 1 amide bonds. The fourth-order valence-electron chi connectivity index (χ4n) is 2.59. The van der Waals surface area contributed by atoms with Crippen molar-refractivity contribution in [1.29, 1.82) is 0 Å². The summed E-state index contributed by atoms with van der Waals surface area (Å²) < 4.78 is 13.2. The summed E-state index contributed by atoms with van der Waals surface area (Å²) in [6, 6.07) is 4.76. The third-order valence-corrected chi connectivity index (χ3v) is 3.77. The van der Waals surface area contributed by atoms with Crippen molar-refractivity contribution in [3.63, 3.8) is 0 Å². The largest absolute Gasteiger partial charge is 0.396 e. The van der Waals surface area contributed by atoms with Gasteiger partial charge in [0.25, 0.3) is 0 Å². The number of amides is 1. The molecule has 2 N–H and O–H groups in total. The molecule has 0 aromatic heterocycles. The summed E-state index contributed by atoms with van der Waals surface area (Å²) in [5, 5.41) is 0. The highest BCUT2D eigenvalue weighted by molar-refractivity contribution is 5.80. The zero-order valence-corrected chi connectivity index (χ0v) is 10.0. The normalized spacial score (nSPS) is 21.2.